The van der Waals surface area contributed by atoms with Crippen molar-refractivity contribution in [2.24, 2.45) is 7.05 Å². The summed E-state index contributed by atoms with van der Waals surface area (Å²) in [5.74, 6) is -0.740. The Bertz CT molecular complexity index is 1430. The van der Waals surface area contributed by atoms with E-state index in [4.69, 9.17) is 16.3 Å². The summed E-state index contributed by atoms with van der Waals surface area (Å²) in [6.07, 6.45) is -0.944. The summed E-state index contributed by atoms with van der Waals surface area (Å²) in [7, 11) is -1.31. The van der Waals surface area contributed by atoms with Gasteiger partial charge in [-0.2, -0.15) is 12.7 Å². The third-order valence-corrected chi connectivity index (χ3v) is 7.59. The number of ether oxygens (including phenoxy) is 1. The maximum Gasteiger partial charge on any atom is 0.301 e. The first-order valence-corrected chi connectivity index (χ1v) is 12.0. The van der Waals surface area contributed by atoms with Gasteiger partial charge in [0.05, 0.1) is 33.6 Å². The minimum absolute atomic E-state index is 0.0992. The average Bonchev–Trinajstić information content (AvgIpc) is 3.18. The number of aromatic nitrogens is 2. The summed E-state index contributed by atoms with van der Waals surface area (Å²) >= 11 is 6.36. The van der Waals surface area contributed by atoms with Gasteiger partial charge in [-0.05, 0) is 36.8 Å². The van der Waals surface area contributed by atoms with Gasteiger partial charge in [-0.1, -0.05) is 11.6 Å². The fourth-order valence-electron chi connectivity index (χ4n) is 3.79. The number of alkyl halides is 1. The number of anilines is 3. The SMILES string of the molecule is COC1CN(S(=O)(=O)Nc2ccc(F)c(Nc3ccc4ncn(C)c(=O)c4c3C)c2Cl)CC1F. The molecule has 2 N–H and O–H groups in total. The third-order valence-electron chi connectivity index (χ3n) is 5.74. The minimum Gasteiger partial charge on any atom is -0.377 e. The van der Waals surface area contributed by atoms with Crippen LogP contribution in [0.15, 0.2) is 35.4 Å². The van der Waals surface area contributed by atoms with Crippen molar-refractivity contribution in [1.82, 2.24) is 13.9 Å². The van der Waals surface area contributed by atoms with Crippen molar-refractivity contribution in [3.63, 3.8) is 0 Å². The Balaban J connectivity index is 1.67. The quantitative estimate of drug-likeness (QED) is 0.525. The number of nitrogens with zero attached hydrogens (tertiary/aromatic N) is 3. The molecule has 1 aliphatic rings. The van der Waals surface area contributed by atoms with Gasteiger partial charge in [-0.25, -0.2) is 13.8 Å². The molecule has 1 saturated heterocycles. The van der Waals surface area contributed by atoms with E-state index in [9.17, 15) is 22.0 Å². The number of halogens is 3. The Hall–Kier alpha value is -2.80. The summed E-state index contributed by atoms with van der Waals surface area (Å²) in [5.41, 5.74) is 0.823. The van der Waals surface area contributed by atoms with Gasteiger partial charge in [0, 0.05) is 32.9 Å². The van der Waals surface area contributed by atoms with Crippen molar-refractivity contribution in [3.05, 3.63) is 57.3 Å². The highest BCUT2D eigenvalue weighted by molar-refractivity contribution is 7.90. The number of hydrogen-bond acceptors (Lipinski definition) is 6. The van der Waals surface area contributed by atoms with Gasteiger partial charge in [0.15, 0.2) is 0 Å². The molecule has 2 atom stereocenters. The van der Waals surface area contributed by atoms with Crippen molar-refractivity contribution in [2.45, 2.75) is 19.2 Å². The number of benzene rings is 2. The van der Waals surface area contributed by atoms with Crippen LogP contribution in [-0.4, -0.2) is 54.7 Å². The van der Waals surface area contributed by atoms with Gasteiger partial charge in [0.25, 0.3) is 5.56 Å². The van der Waals surface area contributed by atoms with Crippen LogP contribution in [0.1, 0.15) is 5.56 Å². The van der Waals surface area contributed by atoms with Crippen molar-refractivity contribution in [2.75, 3.05) is 30.2 Å². The van der Waals surface area contributed by atoms with Gasteiger partial charge < -0.3 is 14.6 Å². The maximum absolute atomic E-state index is 14.7. The zero-order valence-corrected chi connectivity index (χ0v) is 20.0. The molecule has 34 heavy (non-hydrogen) atoms. The number of fused-ring (bicyclic) bond motifs is 1. The van der Waals surface area contributed by atoms with Crippen LogP contribution in [-0.2, 0) is 22.0 Å². The standard InChI is InChI=1S/C21H22ClF2N5O4S/c1-11-14(6-7-15-18(11)21(30)28(2)10-25-15)26-20-12(23)4-5-16(19(20)22)27-34(31,32)29-8-13(24)17(9-29)33-3/h4-7,10,13,17,26-27H,8-9H2,1-3H3. The predicted octanol–water partition coefficient (Wildman–Crippen LogP) is 3.10. The van der Waals surface area contributed by atoms with Crippen LogP contribution in [0, 0.1) is 12.7 Å². The van der Waals surface area contributed by atoms with Crippen LogP contribution < -0.4 is 15.6 Å². The predicted molar refractivity (Wildman–Crippen MR) is 126 cm³/mol. The molecule has 0 radical (unpaired) electrons. The van der Waals surface area contributed by atoms with E-state index < -0.39 is 28.3 Å². The molecule has 13 heteroatoms. The lowest BCUT2D eigenvalue weighted by Crippen LogP contribution is -2.35. The Morgan fingerprint density at radius 1 is 1.21 bits per heavy atom. The van der Waals surface area contributed by atoms with Gasteiger partial charge in [-0.15, -0.1) is 0 Å². The second-order valence-corrected chi connectivity index (χ2v) is 9.96. The number of methoxy groups -OCH3 is 1. The summed E-state index contributed by atoms with van der Waals surface area (Å²) in [6.45, 7) is 1.13. The first kappa shape index (κ1) is 24.3. The van der Waals surface area contributed by atoms with Crippen molar-refractivity contribution in [3.8, 4) is 0 Å². The second-order valence-electron chi connectivity index (χ2n) is 7.92. The van der Waals surface area contributed by atoms with E-state index >= 15 is 0 Å². The largest absolute Gasteiger partial charge is 0.377 e. The van der Waals surface area contributed by atoms with Gasteiger partial charge in [-0.3, -0.25) is 9.52 Å². The molecule has 0 aliphatic carbocycles. The van der Waals surface area contributed by atoms with Crippen LogP contribution in [0.5, 0.6) is 0 Å². The molecule has 0 amide bonds. The highest BCUT2D eigenvalue weighted by atomic mass is 35.5. The lowest BCUT2D eigenvalue weighted by atomic mass is 10.1. The molecular weight excluding hydrogens is 492 g/mol. The van der Waals surface area contributed by atoms with Crippen molar-refractivity contribution in [1.29, 1.82) is 0 Å². The Kier molecular flexibility index (Phi) is 6.51. The van der Waals surface area contributed by atoms with E-state index in [2.05, 4.69) is 15.0 Å². The van der Waals surface area contributed by atoms with Gasteiger partial charge >= 0.3 is 10.2 Å². The first-order chi connectivity index (χ1) is 16.0. The minimum atomic E-state index is -4.18. The topological polar surface area (TPSA) is 106 Å². The number of aryl methyl sites for hydroxylation is 2. The van der Waals surface area contributed by atoms with E-state index in [1.807, 2.05) is 0 Å². The third kappa shape index (κ3) is 4.33. The van der Waals surface area contributed by atoms with E-state index in [1.54, 1.807) is 26.1 Å². The molecule has 0 spiro atoms. The lowest BCUT2D eigenvalue weighted by Gasteiger charge is -2.20. The molecule has 4 rings (SSSR count). The molecule has 1 aliphatic heterocycles. The molecule has 2 aromatic carbocycles. The zero-order chi connectivity index (χ0) is 24.8. The molecule has 182 valence electrons. The molecule has 0 saturated carbocycles. The van der Waals surface area contributed by atoms with Crippen LogP contribution in [0.3, 0.4) is 0 Å². The maximum atomic E-state index is 14.7. The fourth-order valence-corrected chi connectivity index (χ4v) is 5.35. The van der Waals surface area contributed by atoms with E-state index in [0.717, 1.165) is 10.4 Å². The molecule has 2 heterocycles. The monoisotopic (exact) mass is 513 g/mol. The Morgan fingerprint density at radius 3 is 2.59 bits per heavy atom. The van der Waals surface area contributed by atoms with Crippen LogP contribution in [0.4, 0.5) is 25.8 Å². The van der Waals surface area contributed by atoms with E-state index in [0.29, 0.717) is 22.2 Å². The second kappa shape index (κ2) is 9.10. The first-order valence-electron chi connectivity index (χ1n) is 10.2. The van der Waals surface area contributed by atoms with Crippen LogP contribution in [0.2, 0.25) is 5.02 Å². The Morgan fingerprint density at radius 2 is 1.91 bits per heavy atom. The Labute approximate surface area is 199 Å². The summed E-state index contributed by atoms with van der Waals surface area (Å²) in [4.78, 5) is 16.8. The molecular formula is C21H22ClF2N5O4S. The molecule has 1 aromatic heterocycles. The fraction of sp³-hybridized carbons (Fsp3) is 0.333. The zero-order valence-electron chi connectivity index (χ0n) is 18.5. The van der Waals surface area contributed by atoms with Gasteiger partial charge in [0.2, 0.25) is 0 Å². The number of nitrogens with one attached hydrogen (secondary N) is 2. The van der Waals surface area contributed by atoms with Gasteiger partial charge in [0.1, 0.15) is 18.1 Å². The molecule has 3 aromatic rings. The van der Waals surface area contributed by atoms with Crippen molar-refractivity contribution >= 4 is 49.8 Å². The molecule has 9 nitrogen and oxygen atoms in total. The lowest BCUT2D eigenvalue weighted by molar-refractivity contribution is 0.0637. The summed E-state index contributed by atoms with van der Waals surface area (Å²) in [6, 6.07) is 5.44. The summed E-state index contributed by atoms with van der Waals surface area (Å²) < 4.78 is 63.7. The normalized spacial score (nSPS) is 19.0. The van der Waals surface area contributed by atoms with E-state index in [-0.39, 0.29) is 35.0 Å². The average molecular weight is 514 g/mol. The molecule has 1 fully saturated rings. The highest BCUT2D eigenvalue weighted by Crippen LogP contribution is 2.37. The summed E-state index contributed by atoms with van der Waals surface area (Å²) in [5, 5.41) is 2.97. The van der Waals surface area contributed by atoms with Crippen molar-refractivity contribution < 1.29 is 21.9 Å². The molecule has 2 unspecified atom stereocenters. The number of hydrogen-bond donors (Lipinski definition) is 2. The molecule has 0 bridgehead atoms. The van der Waals surface area contributed by atoms with Crippen LogP contribution >= 0.6 is 11.6 Å². The van der Waals surface area contributed by atoms with Crippen LogP contribution in [0.25, 0.3) is 10.9 Å². The number of rotatable bonds is 6. The van der Waals surface area contributed by atoms with E-state index in [1.165, 1.54) is 24.1 Å². The highest BCUT2D eigenvalue weighted by Gasteiger charge is 2.39. The smallest absolute Gasteiger partial charge is 0.301 e.